The quantitative estimate of drug-likeness (QED) is 0.656. The van der Waals surface area contributed by atoms with Gasteiger partial charge in [-0.3, -0.25) is 0 Å². The number of hydrogen-bond acceptors (Lipinski definition) is 2. The third-order valence-electron chi connectivity index (χ3n) is 2.02. The van der Waals surface area contributed by atoms with Crippen LogP contribution >= 0.6 is 0 Å². The third-order valence-corrected chi connectivity index (χ3v) is 2.02. The van der Waals surface area contributed by atoms with Crippen LogP contribution in [0.2, 0.25) is 0 Å². The average Bonchev–Trinajstić information content (AvgIpc) is 2.03. The second kappa shape index (κ2) is 6.58. The Balaban J connectivity index is 0. The van der Waals surface area contributed by atoms with Crippen molar-refractivity contribution in [1.82, 2.24) is 5.32 Å². The van der Waals surface area contributed by atoms with E-state index in [-0.39, 0.29) is 6.90 Å². The van der Waals surface area contributed by atoms with Gasteiger partial charge in [-0.15, -0.1) is 0 Å². The summed E-state index contributed by atoms with van der Waals surface area (Å²) >= 11 is 0. The van der Waals surface area contributed by atoms with E-state index in [1.54, 1.807) is 0 Å². The van der Waals surface area contributed by atoms with E-state index < -0.39 is 0 Å². The minimum Gasteiger partial charge on any atom is -0.412 e. The highest BCUT2D eigenvalue weighted by Gasteiger charge is 2.11. The first-order valence-electron chi connectivity index (χ1n) is 4.22. The van der Waals surface area contributed by atoms with Gasteiger partial charge in [0.25, 0.3) is 0 Å². The standard InChI is InChI=1S/C8H17NO.H2O.H2/c1-2-10-7-8-3-5-9-6-4-8;;/h8-9H,2-7H2,1H3;1H2;1H. The number of piperidine rings is 1. The van der Waals surface area contributed by atoms with Gasteiger partial charge in [0.15, 0.2) is 0 Å². The molecular weight excluding hydrogens is 142 g/mol. The smallest absolute Gasteiger partial charge is 0.0495 e. The predicted molar refractivity (Wildman–Crippen MR) is 47.8 cm³/mol. The van der Waals surface area contributed by atoms with Crippen molar-refractivity contribution >= 4 is 0 Å². The van der Waals surface area contributed by atoms with E-state index >= 15 is 0 Å². The topological polar surface area (TPSA) is 52.8 Å². The maximum Gasteiger partial charge on any atom is 0.0495 e. The molecule has 1 fully saturated rings. The van der Waals surface area contributed by atoms with Crippen LogP contribution in [0.25, 0.3) is 0 Å². The van der Waals surface area contributed by atoms with Crippen molar-refractivity contribution in [2.45, 2.75) is 19.8 Å². The van der Waals surface area contributed by atoms with Crippen molar-refractivity contribution in [2.24, 2.45) is 5.92 Å². The zero-order valence-electron chi connectivity index (χ0n) is 7.23. The average molecular weight is 163 g/mol. The Hall–Kier alpha value is -0.120. The predicted octanol–water partition coefficient (Wildman–Crippen LogP) is 0.444. The molecule has 1 saturated heterocycles. The van der Waals surface area contributed by atoms with Crippen molar-refractivity contribution in [3.8, 4) is 0 Å². The SMILES string of the molecule is CCOCC1CCNCC1.O.[HH]. The molecule has 0 aromatic carbocycles. The summed E-state index contributed by atoms with van der Waals surface area (Å²) in [5, 5.41) is 3.34. The van der Waals surface area contributed by atoms with E-state index in [9.17, 15) is 0 Å². The second-order valence-corrected chi connectivity index (χ2v) is 2.85. The molecule has 1 aliphatic heterocycles. The largest absolute Gasteiger partial charge is 0.412 e. The van der Waals surface area contributed by atoms with Crippen molar-refractivity contribution in [2.75, 3.05) is 26.3 Å². The lowest BCUT2D eigenvalue weighted by Crippen LogP contribution is -2.29. The Morgan fingerprint density at radius 3 is 2.64 bits per heavy atom. The van der Waals surface area contributed by atoms with Crippen LogP contribution in [-0.2, 0) is 4.74 Å². The maximum absolute atomic E-state index is 5.35. The lowest BCUT2D eigenvalue weighted by atomic mass is 9.99. The molecule has 1 rings (SSSR count). The molecule has 0 aromatic rings. The minimum atomic E-state index is 0. The summed E-state index contributed by atoms with van der Waals surface area (Å²) in [6, 6.07) is 0. The van der Waals surface area contributed by atoms with Gasteiger partial charge in [-0.1, -0.05) is 0 Å². The minimum absolute atomic E-state index is 0. The van der Waals surface area contributed by atoms with E-state index in [0.29, 0.717) is 0 Å². The number of ether oxygens (including phenoxy) is 1. The first-order valence-corrected chi connectivity index (χ1v) is 4.22. The number of nitrogens with one attached hydrogen (secondary N) is 1. The molecule has 11 heavy (non-hydrogen) atoms. The summed E-state index contributed by atoms with van der Waals surface area (Å²) in [6.07, 6.45) is 2.58. The molecule has 0 bridgehead atoms. The van der Waals surface area contributed by atoms with Gasteiger partial charge in [-0.05, 0) is 38.8 Å². The van der Waals surface area contributed by atoms with Gasteiger partial charge in [0, 0.05) is 14.6 Å². The molecule has 1 aliphatic rings. The van der Waals surface area contributed by atoms with Crippen molar-refractivity contribution in [3.63, 3.8) is 0 Å². The molecule has 0 amide bonds. The second-order valence-electron chi connectivity index (χ2n) is 2.85. The Kier molecular flexibility index (Phi) is 6.51. The van der Waals surface area contributed by atoms with E-state index in [1.807, 2.05) is 0 Å². The van der Waals surface area contributed by atoms with Gasteiger partial charge < -0.3 is 15.5 Å². The van der Waals surface area contributed by atoms with Crippen molar-refractivity contribution in [3.05, 3.63) is 0 Å². The summed E-state index contributed by atoms with van der Waals surface area (Å²) in [4.78, 5) is 0. The monoisotopic (exact) mass is 163 g/mol. The summed E-state index contributed by atoms with van der Waals surface area (Å²) < 4.78 is 5.35. The molecule has 3 N–H and O–H groups in total. The highest BCUT2D eigenvalue weighted by molar-refractivity contribution is 4.67. The summed E-state index contributed by atoms with van der Waals surface area (Å²) in [5.41, 5.74) is 0. The molecule has 0 spiro atoms. The van der Waals surface area contributed by atoms with Crippen LogP contribution in [0.4, 0.5) is 0 Å². The molecule has 70 valence electrons. The fourth-order valence-electron chi connectivity index (χ4n) is 1.33. The number of rotatable bonds is 3. The highest BCUT2D eigenvalue weighted by atomic mass is 16.5. The van der Waals surface area contributed by atoms with Gasteiger partial charge in [-0.2, -0.15) is 0 Å². The Labute approximate surface area is 69.9 Å². The molecule has 0 radical (unpaired) electrons. The molecule has 0 unspecified atom stereocenters. The molecule has 3 heteroatoms. The van der Waals surface area contributed by atoms with Crippen LogP contribution < -0.4 is 5.32 Å². The van der Waals surface area contributed by atoms with E-state index in [2.05, 4.69) is 12.2 Å². The van der Waals surface area contributed by atoms with E-state index in [4.69, 9.17) is 4.74 Å². The molecule has 1 heterocycles. The summed E-state index contributed by atoms with van der Waals surface area (Å²) in [5.74, 6) is 0.821. The molecule has 0 saturated carbocycles. The summed E-state index contributed by atoms with van der Waals surface area (Å²) in [7, 11) is 0. The van der Waals surface area contributed by atoms with Crippen molar-refractivity contribution in [1.29, 1.82) is 0 Å². The lowest BCUT2D eigenvalue weighted by Gasteiger charge is -2.21. The van der Waals surface area contributed by atoms with Crippen LogP contribution in [0.15, 0.2) is 0 Å². The Morgan fingerprint density at radius 2 is 2.09 bits per heavy atom. The fourth-order valence-corrected chi connectivity index (χ4v) is 1.33. The molecule has 0 atom stereocenters. The number of hydrogen-bond donors (Lipinski definition) is 1. The first-order chi connectivity index (χ1) is 4.93. The van der Waals surface area contributed by atoms with Crippen LogP contribution in [0, 0.1) is 5.92 Å². The van der Waals surface area contributed by atoms with Gasteiger partial charge >= 0.3 is 0 Å². The third kappa shape index (κ3) is 4.35. The van der Waals surface area contributed by atoms with Gasteiger partial charge in [0.05, 0.1) is 0 Å². The van der Waals surface area contributed by atoms with E-state index in [0.717, 1.165) is 19.1 Å². The van der Waals surface area contributed by atoms with Gasteiger partial charge in [0.1, 0.15) is 0 Å². The summed E-state index contributed by atoms with van der Waals surface area (Å²) in [6.45, 7) is 6.25. The Morgan fingerprint density at radius 1 is 1.45 bits per heavy atom. The van der Waals surface area contributed by atoms with E-state index in [1.165, 1.54) is 25.9 Å². The van der Waals surface area contributed by atoms with Crippen LogP contribution in [-0.4, -0.2) is 31.8 Å². The zero-order chi connectivity index (χ0) is 7.23. The highest BCUT2D eigenvalue weighted by Crippen LogP contribution is 2.11. The maximum atomic E-state index is 5.35. The first kappa shape index (κ1) is 10.9. The van der Waals surface area contributed by atoms with Crippen LogP contribution in [0.3, 0.4) is 0 Å². The molecule has 0 aromatic heterocycles. The van der Waals surface area contributed by atoms with Crippen molar-refractivity contribution < 1.29 is 11.6 Å². The molecule has 3 nitrogen and oxygen atoms in total. The zero-order valence-corrected chi connectivity index (χ0v) is 7.23. The Bertz CT molecular complexity index is 87.1. The van der Waals surface area contributed by atoms with Gasteiger partial charge in [-0.25, -0.2) is 0 Å². The fraction of sp³-hybridized carbons (Fsp3) is 1.00. The van der Waals surface area contributed by atoms with Crippen LogP contribution in [0.1, 0.15) is 21.2 Å². The lowest BCUT2D eigenvalue weighted by molar-refractivity contribution is 0.0977. The van der Waals surface area contributed by atoms with Gasteiger partial charge in [0.2, 0.25) is 0 Å². The molecule has 0 aliphatic carbocycles. The molecular formula is C8H21NO2. The normalized spacial score (nSPS) is 19.4. The van der Waals surface area contributed by atoms with Crippen LogP contribution in [0.5, 0.6) is 0 Å².